The van der Waals surface area contributed by atoms with Crippen molar-refractivity contribution >= 4 is 15.9 Å². The molecule has 0 aromatic heterocycles. The highest BCUT2D eigenvalue weighted by molar-refractivity contribution is 7.89. The molecule has 0 bridgehead atoms. The molecule has 0 spiro atoms. The topological polar surface area (TPSA) is 57.7 Å². The number of carbonyl (C=O) groups is 1. The molecule has 1 saturated carbocycles. The number of rotatable bonds is 6. The van der Waals surface area contributed by atoms with Crippen LogP contribution in [0.25, 0.3) is 0 Å². The number of nitrogens with zero attached hydrogens (tertiary/aromatic N) is 2. The van der Waals surface area contributed by atoms with E-state index < -0.39 is 10.0 Å². The number of amides is 1. The Morgan fingerprint density at radius 2 is 1.81 bits per heavy atom. The summed E-state index contributed by atoms with van der Waals surface area (Å²) < 4.78 is 39.7. The molecule has 1 amide bonds. The monoisotopic (exact) mass is 376 g/mol. The Hall–Kier alpha value is -2.25. The van der Waals surface area contributed by atoms with Gasteiger partial charge in [-0.2, -0.15) is 0 Å². The molecule has 0 saturated heterocycles. The molecule has 1 aliphatic rings. The lowest BCUT2D eigenvalue weighted by molar-refractivity contribution is 0.0728. The molecule has 0 N–H and O–H groups in total. The van der Waals surface area contributed by atoms with Crippen LogP contribution in [0, 0.1) is 5.82 Å². The third-order valence-corrected chi connectivity index (χ3v) is 6.22. The van der Waals surface area contributed by atoms with Gasteiger partial charge in [0.05, 0.1) is 4.90 Å². The van der Waals surface area contributed by atoms with Crippen LogP contribution in [0.4, 0.5) is 4.39 Å². The first-order valence-corrected chi connectivity index (χ1v) is 9.81. The van der Waals surface area contributed by atoms with E-state index in [4.69, 9.17) is 0 Å². The molecule has 2 aromatic carbocycles. The molecule has 5 nitrogen and oxygen atoms in total. The molecule has 0 aliphatic heterocycles. The predicted octanol–water partition coefficient (Wildman–Crippen LogP) is 2.88. The summed E-state index contributed by atoms with van der Waals surface area (Å²) in [5.41, 5.74) is 0.737. The zero-order valence-corrected chi connectivity index (χ0v) is 15.5. The molecular weight excluding hydrogens is 355 g/mol. The van der Waals surface area contributed by atoms with Crippen LogP contribution >= 0.6 is 0 Å². The van der Waals surface area contributed by atoms with Crippen molar-refractivity contribution in [3.8, 4) is 0 Å². The van der Waals surface area contributed by atoms with Crippen molar-refractivity contribution in [2.75, 3.05) is 14.1 Å². The molecule has 138 valence electrons. The van der Waals surface area contributed by atoms with Crippen LogP contribution in [0.1, 0.15) is 28.8 Å². The van der Waals surface area contributed by atoms with Gasteiger partial charge in [-0.1, -0.05) is 24.3 Å². The van der Waals surface area contributed by atoms with E-state index in [-0.39, 0.29) is 34.8 Å². The van der Waals surface area contributed by atoms with Gasteiger partial charge < -0.3 is 4.90 Å². The largest absolute Gasteiger partial charge is 0.331 e. The number of halogens is 1. The molecule has 0 heterocycles. The van der Waals surface area contributed by atoms with Gasteiger partial charge in [0.25, 0.3) is 5.91 Å². The molecule has 2 aromatic rings. The van der Waals surface area contributed by atoms with Crippen molar-refractivity contribution in [2.45, 2.75) is 30.3 Å². The smallest absolute Gasteiger partial charge is 0.254 e. The quantitative estimate of drug-likeness (QED) is 0.779. The Balaban J connectivity index is 1.90. The second-order valence-electron chi connectivity index (χ2n) is 6.57. The average molecular weight is 376 g/mol. The summed E-state index contributed by atoms with van der Waals surface area (Å²) in [5, 5.41) is 0. The van der Waals surface area contributed by atoms with Crippen LogP contribution in [0.5, 0.6) is 0 Å². The SMILES string of the molecule is CN(C)S(=O)(=O)c1cccc(C(=O)N(Cc2ccccc2F)C2CC2)c1. The van der Waals surface area contributed by atoms with Crippen molar-refractivity contribution < 1.29 is 17.6 Å². The van der Waals surface area contributed by atoms with Gasteiger partial charge in [0.2, 0.25) is 10.0 Å². The predicted molar refractivity (Wildman–Crippen MR) is 96.6 cm³/mol. The number of benzene rings is 2. The molecular formula is C19H21FN2O3S. The van der Waals surface area contributed by atoms with Crippen LogP contribution in [-0.2, 0) is 16.6 Å². The Morgan fingerprint density at radius 1 is 1.12 bits per heavy atom. The average Bonchev–Trinajstić information content (AvgIpc) is 3.45. The van der Waals surface area contributed by atoms with Gasteiger partial charge in [0, 0.05) is 37.8 Å². The fourth-order valence-corrected chi connectivity index (χ4v) is 3.68. The molecule has 0 atom stereocenters. The highest BCUT2D eigenvalue weighted by Gasteiger charge is 2.34. The van der Waals surface area contributed by atoms with Crippen molar-refractivity contribution in [2.24, 2.45) is 0 Å². The van der Waals surface area contributed by atoms with E-state index in [1.165, 1.54) is 32.3 Å². The van der Waals surface area contributed by atoms with Gasteiger partial charge in [0.1, 0.15) is 5.82 Å². The Morgan fingerprint density at radius 3 is 2.42 bits per heavy atom. The summed E-state index contributed by atoms with van der Waals surface area (Å²) in [6, 6.07) is 12.4. The van der Waals surface area contributed by atoms with E-state index in [2.05, 4.69) is 0 Å². The third-order valence-electron chi connectivity index (χ3n) is 4.41. The molecule has 26 heavy (non-hydrogen) atoms. The summed E-state index contributed by atoms with van der Waals surface area (Å²) in [7, 11) is -0.740. The summed E-state index contributed by atoms with van der Waals surface area (Å²) in [6.45, 7) is 0.167. The van der Waals surface area contributed by atoms with Crippen molar-refractivity contribution in [3.63, 3.8) is 0 Å². The number of hydrogen-bond acceptors (Lipinski definition) is 3. The molecule has 1 aliphatic carbocycles. The lowest BCUT2D eigenvalue weighted by Crippen LogP contribution is -2.33. The highest BCUT2D eigenvalue weighted by atomic mass is 32.2. The molecule has 7 heteroatoms. The maximum atomic E-state index is 14.0. The van der Waals surface area contributed by atoms with Gasteiger partial charge >= 0.3 is 0 Å². The van der Waals surface area contributed by atoms with Crippen molar-refractivity contribution in [1.29, 1.82) is 0 Å². The number of sulfonamides is 1. The zero-order chi connectivity index (χ0) is 18.9. The zero-order valence-electron chi connectivity index (χ0n) is 14.7. The van der Waals surface area contributed by atoms with E-state index in [9.17, 15) is 17.6 Å². The lowest BCUT2D eigenvalue weighted by atomic mass is 10.1. The summed E-state index contributed by atoms with van der Waals surface area (Å²) in [5.74, 6) is -0.638. The summed E-state index contributed by atoms with van der Waals surface area (Å²) in [4.78, 5) is 14.7. The van der Waals surface area contributed by atoms with E-state index in [0.717, 1.165) is 17.1 Å². The first kappa shape index (κ1) is 18.5. The van der Waals surface area contributed by atoms with E-state index in [1.54, 1.807) is 35.2 Å². The number of hydrogen-bond donors (Lipinski definition) is 0. The van der Waals surface area contributed by atoms with Crippen LogP contribution in [0.15, 0.2) is 53.4 Å². The van der Waals surface area contributed by atoms with E-state index in [1.807, 2.05) is 0 Å². The molecule has 3 rings (SSSR count). The number of carbonyl (C=O) groups excluding carboxylic acids is 1. The molecule has 1 fully saturated rings. The summed E-state index contributed by atoms with van der Waals surface area (Å²) >= 11 is 0. The van der Waals surface area contributed by atoms with Crippen LogP contribution in [0.3, 0.4) is 0 Å². The lowest BCUT2D eigenvalue weighted by Gasteiger charge is -2.23. The van der Waals surface area contributed by atoms with Gasteiger partial charge in [-0.3, -0.25) is 4.79 Å². The second-order valence-corrected chi connectivity index (χ2v) is 8.72. The normalized spacial score (nSPS) is 14.5. The van der Waals surface area contributed by atoms with Gasteiger partial charge in [0.15, 0.2) is 0 Å². The molecule has 0 radical (unpaired) electrons. The van der Waals surface area contributed by atoms with Gasteiger partial charge in [-0.15, -0.1) is 0 Å². The molecule has 0 unspecified atom stereocenters. The third kappa shape index (κ3) is 3.78. The van der Waals surface area contributed by atoms with E-state index in [0.29, 0.717) is 5.56 Å². The fourth-order valence-electron chi connectivity index (χ4n) is 2.73. The highest BCUT2D eigenvalue weighted by Crippen LogP contribution is 2.30. The summed E-state index contributed by atoms with van der Waals surface area (Å²) in [6.07, 6.45) is 1.74. The van der Waals surface area contributed by atoms with Crippen LogP contribution in [0.2, 0.25) is 0 Å². The second kappa shape index (κ2) is 7.17. The van der Waals surface area contributed by atoms with Crippen molar-refractivity contribution in [3.05, 3.63) is 65.5 Å². The van der Waals surface area contributed by atoms with Crippen LogP contribution < -0.4 is 0 Å². The Kier molecular flexibility index (Phi) is 5.11. The maximum Gasteiger partial charge on any atom is 0.254 e. The minimum absolute atomic E-state index is 0.0648. The minimum Gasteiger partial charge on any atom is -0.331 e. The van der Waals surface area contributed by atoms with Gasteiger partial charge in [-0.25, -0.2) is 17.1 Å². The standard InChI is InChI=1S/C19H21FN2O3S/c1-21(2)26(24,25)17-8-5-7-14(12-17)19(23)22(16-10-11-16)13-15-6-3-4-9-18(15)20/h3-9,12,16H,10-11,13H2,1-2H3. The van der Waals surface area contributed by atoms with Gasteiger partial charge in [-0.05, 0) is 37.1 Å². The fraction of sp³-hybridized carbons (Fsp3) is 0.316. The van der Waals surface area contributed by atoms with E-state index >= 15 is 0 Å². The first-order valence-electron chi connectivity index (χ1n) is 8.37. The Labute approximate surface area is 153 Å². The van der Waals surface area contributed by atoms with Crippen molar-refractivity contribution in [1.82, 2.24) is 9.21 Å². The Bertz CT molecular complexity index is 924. The minimum atomic E-state index is -3.63. The van der Waals surface area contributed by atoms with Crippen LogP contribution in [-0.4, -0.2) is 43.7 Å². The maximum absolute atomic E-state index is 14.0. The first-order chi connectivity index (χ1) is 12.3.